The number of hydrogen-bond donors (Lipinski definition) is 1. The zero-order valence-electron chi connectivity index (χ0n) is 12.9. The van der Waals surface area contributed by atoms with Crippen LogP contribution in [0.3, 0.4) is 0 Å². The van der Waals surface area contributed by atoms with E-state index in [0.29, 0.717) is 17.1 Å². The summed E-state index contributed by atoms with van der Waals surface area (Å²) in [7, 11) is 0. The van der Waals surface area contributed by atoms with Crippen molar-refractivity contribution in [1.29, 1.82) is 0 Å². The smallest absolute Gasteiger partial charge is 0.276 e. The lowest BCUT2D eigenvalue weighted by Crippen LogP contribution is -2.15. The first-order valence-corrected chi connectivity index (χ1v) is 7.12. The molecule has 0 unspecified atom stereocenters. The first-order valence-electron chi connectivity index (χ1n) is 7.12. The van der Waals surface area contributed by atoms with Crippen LogP contribution in [0, 0.1) is 6.92 Å². The van der Waals surface area contributed by atoms with Crippen LogP contribution in [0.1, 0.15) is 37.0 Å². The van der Waals surface area contributed by atoms with E-state index in [1.54, 1.807) is 10.7 Å². The molecule has 5 nitrogen and oxygen atoms in total. The number of rotatable bonds is 5. The summed E-state index contributed by atoms with van der Waals surface area (Å²) >= 11 is 0. The molecule has 1 heterocycles. The number of para-hydroxylation sites is 2. The maximum Gasteiger partial charge on any atom is 0.276 e. The number of amides is 1. The summed E-state index contributed by atoms with van der Waals surface area (Å²) in [5, 5.41) is 7.14. The van der Waals surface area contributed by atoms with Crippen molar-refractivity contribution in [2.24, 2.45) is 0 Å². The fraction of sp³-hybridized carbons (Fsp3) is 0.375. The monoisotopic (exact) mass is 287 g/mol. The van der Waals surface area contributed by atoms with Gasteiger partial charge in [0.25, 0.3) is 5.91 Å². The highest BCUT2D eigenvalue weighted by atomic mass is 16.5. The van der Waals surface area contributed by atoms with E-state index in [-0.39, 0.29) is 12.0 Å². The van der Waals surface area contributed by atoms with Gasteiger partial charge in [-0.3, -0.25) is 9.48 Å². The Morgan fingerprint density at radius 2 is 2.10 bits per heavy atom. The number of nitrogens with zero attached hydrogens (tertiary/aromatic N) is 2. The van der Waals surface area contributed by atoms with Crippen LogP contribution in [0.2, 0.25) is 0 Å². The second-order valence-corrected chi connectivity index (χ2v) is 5.10. The number of carbonyl (C=O) groups excluding carboxylic acids is 1. The molecular formula is C16H21N3O2. The molecule has 0 saturated carbocycles. The van der Waals surface area contributed by atoms with Gasteiger partial charge in [-0.15, -0.1) is 0 Å². The number of hydrogen-bond acceptors (Lipinski definition) is 3. The minimum atomic E-state index is -0.231. The average molecular weight is 287 g/mol. The van der Waals surface area contributed by atoms with Crippen molar-refractivity contribution in [3.63, 3.8) is 0 Å². The van der Waals surface area contributed by atoms with E-state index in [1.807, 2.05) is 52.0 Å². The number of benzene rings is 1. The Balaban J connectivity index is 2.19. The maximum atomic E-state index is 12.3. The molecule has 0 radical (unpaired) electrons. The van der Waals surface area contributed by atoms with E-state index >= 15 is 0 Å². The first-order chi connectivity index (χ1) is 10.0. The molecule has 21 heavy (non-hydrogen) atoms. The molecule has 2 aromatic rings. The molecule has 1 N–H and O–H groups in total. The zero-order valence-corrected chi connectivity index (χ0v) is 12.9. The predicted molar refractivity (Wildman–Crippen MR) is 82.8 cm³/mol. The standard InChI is InChI=1S/C16H21N3O2/c1-5-19-12(4)10-14(18-19)16(20)17-13-8-6-7-9-15(13)21-11(2)3/h6-11H,5H2,1-4H3,(H,17,20). The van der Waals surface area contributed by atoms with Gasteiger partial charge in [0.2, 0.25) is 0 Å². The SMILES string of the molecule is CCn1nc(C(=O)Nc2ccccc2OC(C)C)cc1C. The van der Waals surface area contributed by atoms with Gasteiger partial charge >= 0.3 is 0 Å². The number of anilines is 1. The number of aromatic nitrogens is 2. The highest BCUT2D eigenvalue weighted by molar-refractivity contribution is 6.03. The Bertz CT molecular complexity index is 632. The van der Waals surface area contributed by atoms with Crippen molar-refractivity contribution < 1.29 is 9.53 Å². The second kappa shape index (κ2) is 6.43. The summed E-state index contributed by atoms with van der Waals surface area (Å²) < 4.78 is 7.49. The lowest BCUT2D eigenvalue weighted by molar-refractivity contribution is 0.102. The highest BCUT2D eigenvalue weighted by Crippen LogP contribution is 2.25. The summed E-state index contributed by atoms with van der Waals surface area (Å²) in [6, 6.07) is 9.18. The third-order valence-corrected chi connectivity index (χ3v) is 3.01. The van der Waals surface area contributed by atoms with Gasteiger partial charge in [0.1, 0.15) is 5.75 Å². The Hall–Kier alpha value is -2.30. The third-order valence-electron chi connectivity index (χ3n) is 3.01. The van der Waals surface area contributed by atoms with Crippen molar-refractivity contribution in [2.75, 3.05) is 5.32 Å². The van der Waals surface area contributed by atoms with Crippen LogP contribution in [0.15, 0.2) is 30.3 Å². The van der Waals surface area contributed by atoms with Gasteiger partial charge < -0.3 is 10.1 Å². The molecule has 0 atom stereocenters. The molecule has 0 aliphatic carbocycles. The van der Waals surface area contributed by atoms with Gasteiger partial charge in [-0.05, 0) is 45.9 Å². The molecule has 0 spiro atoms. The summed E-state index contributed by atoms with van der Waals surface area (Å²) in [5.41, 5.74) is 2.03. The van der Waals surface area contributed by atoms with Crippen LogP contribution < -0.4 is 10.1 Å². The maximum absolute atomic E-state index is 12.3. The average Bonchev–Trinajstić information content (AvgIpc) is 2.81. The third kappa shape index (κ3) is 3.62. The number of nitrogens with one attached hydrogen (secondary N) is 1. The summed E-state index contributed by atoms with van der Waals surface area (Å²) in [6.45, 7) is 8.57. The topological polar surface area (TPSA) is 56.2 Å². The van der Waals surface area contributed by atoms with Crippen LogP contribution in [-0.2, 0) is 6.54 Å². The molecule has 1 aromatic heterocycles. The van der Waals surface area contributed by atoms with Crippen LogP contribution in [0.25, 0.3) is 0 Å². The molecule has 0 aliphatic heterocycles. The van der Waals surface area contributed by atoms with Crippen LogP contribution in [0.4, 0.5) is 5.69 Å². The Labute approximate surface area is 124 Å². The Morgan fingerprint density at radius 1 is 1.38 bits per heavy atom. The van der Waals surface area contributed by atoms with E-state index in [2.05, 4.69) is 10.4 Å². The zero-order chi connectivity index (χ0) is 15.4. The lowest BCUT2D eigenvalue weighted by atomic mass is 10.2. The van der Waals surface area contributed by atoms with Gasteiger partial charge in [0, 0.05) is 12.2 Å². The fourth-order valence-electron chi connectivity index (χ4n) is 2.05. The molecule has 0 aliphatic rings. The lowest BCUT2D eigenvalue weighted by Gasteiger charge is -2.14. The largest absolute Gasteiger partial charge is 0.489 e. The normalized spacial score (nSPS) is 10.7. The van der Waals surface area contributed by atoms with Gasteiger partial charge in [-0.1, -0.05) is 12.1 Å². The first kappa shape index (κ1) is 15.1. The summed E-state index contributed by atoms with van der Waals surface area (Å²) in [5.74, 6) is 0.428. The molecule has 1 aromatic carbocycles. The number of aryl methyl sites for hydroxylation is 2. The van der Waals surface area contributed by atoms with Gasteiger partial charge in [-0.2, -0.15) is 5.10 Å². The van der Waals surface area contributed by atoms with Crippen LogP contribution in [0.5, 0.6) is 5.75 Å². The molecule has 1 amide bonds. The van der Waals surface area contributed by atoms with E-state index in [1.165, 1.54) is 0 Å². The highest BCUT2D eigenvalue weighted by Gasteiger charge is 2.14. The van der Waals surface area contributed by atoms with Crippen molar-refractivity contribution in [1.82, 2.24) is 9.78 Å². The molecule has 0 bridgehead atoms. The van der Waals surface area contributed by atoms with Crippen molar-refractivity contribution in [3.05, 3.63) is 41.7 Å². The van der Waals surface area contributed by atoms with Crippen molar-refractivity contribution >= 4 is 11.6 Å². The van der Waals surface area contributed by atoms with Gasteiger partial charge in [0.05, 0.1) is 11.8 Å². The Kier molecular flexibility index (Phi) is 4.62. The van der Waals surface area contributed by atoms with E-state index in [9.17, 15) is 4.79 Å². The fourth-order valence-corrected chi connectivity index (χ4v) is 2.05. The van der Waals surface area contributed by atoms with Crippen LogP contribution >= 0.6 is 0 Å². The molecule has 112 valence electrons. The second-order valence-electron chi connectivity index (χ2n) is 5.10. The van der Waals surface area contributed by atoms with Gasteiger partial charge in [0.15, 0.2) is 5.69 Å². The molecule has 5 heteroatoms. The van der Waals surface area contributed by atoms with Crippen molar-refractivity contribution in [3.8, 4) is 5.75 Å². The van der Waals surface area contributed by atoms with Crippen molar-refractivity contribution in [2.45, 2.75) is 40.3 Å². The molecule has 0 fully saturated rings. The Morgan fingerprint density at radius 3 is 2.71 bits per heavy atom. The molecule has 0 saturated heterocycles. The number of ether oxygens (including phenoxy) is 1. The minimum absolute atomic E-state index is 0.0459. The number of carbonyl (C=O) groups is 1. The molecular weight excluding hydrogens is 266 g/mol. The summed E-state index contributed by atoms with van der Waals surface area (Å²) in [4.78, 5) is 12.3. The van der Waals surface area contributed by atoms with E-state index < -0.39 is 0 Å². The minimum Gasteiger partial charge on any atom is -0.489 e. The summed E-state index contributed by atoms with van der Waals surface area (Å²) in [6.07, 6.45) is 0.0459. The van der Waals surface area contributed by atoms with E-state index in [0.717, 1.165) is 12.2 Å². The predicted octanol–water partition coefficient (Wildman–Crippen LogP) is 3.25. The van der Waals surface area contributed by atoms with Gasteiger partial charge in [-0.25, -0.2) is 0 Å². The van der Waals surface area contributed by atoms with E-state index in [4.69, 9.17) is 4.74 Å². The quantitative estimate of drug-likeness (QED) is 0.918. The molecule has 2 rings (SSSR count). The van der Waals surface area contributed by atoms with Crippen LogP contribution in [-0.4, -0.2) is 21.8 Å².